The molecule has 2 aliphatic rings. The van der Waals surface area contributed by atoms with Crippen LogP contribution in [0.25, 0.3) is 0 Å². The zero-order chi connectivity index (χ0) is 17.6. The van der Waals surface area contributed by atoms with Crippen molar-refractivity contribution in [3.8, 4) is 0 Å². The molecule has 0 aromatic heterocycles. The average Bonchev–Trinajstić information content (AvgIpc) is 2.55. The van der Waals surface area contributed by atoms with E-state index in [1.165, 1.54) is 19.3 Å². The number of urea groups is 1. The molecule has 0 spiro atoms. The van der Waals surface area contributed by atoms with Crippen LogP contribution in [0.3, 0.4) is 0 Å². The molecular formula is C18H34N4O2. The maximum Gasteiger partial charge on any atom is 0.315 e. The zero-order valence-electron chi connectivity index (χ0n) is 15.3. The van der Waals surface area contributed by atoms with E-state index in [9.17, 15) is 9.59 Å². The molecule has 1 aliphatic heterocycles. The van der Waals surface area contributed by atoms with Gasteiger partial charge in [0.25, 0.3) is 0 Å². The molecule has 138 valence electrons. The highest BCUT2D eigenvalue weighted by molar-refractivity contribution is 5.85. The second-order valence-corrected chi connectivity index (χ2v) is 7.69. The molecule has 0 bridgehead atoms. The smallest absolute Gasteiger partial charge is 0.315 e. The summed E-state index contributed by atoms with van der Waals surface area (Å²) < 4.78 is 0. The summed E-state index contributed by atoms with van der Waals surface area (Å²) in [7, 11) is 0. The maximum absolute atomic E-state index is 12.5. The predicted octanol–water partition coefficient (Wildman–Crippen LogP) is 2.13. The van der Waals surface area contributed by atoms with Gasteiger partial charge in [0.15, 0.2) is 0 Å². The Labute approximate surface area is 145 Å². The lowest BCUT2D eigenvalue weighted by molar-refractivity contribution is -0.137. The summed E-state index contributed by atoms with van der Waals surface area (Å²) in [6.45, 7) is 5.20. The highest BCUT2D eigenvalue weighted by Gasteiger charge is 2.34. The van der Waals surface area contributed by atoms with Crippen molar-refractivity contribution in [3.63, 3.8) is 0 Å². The number of hydrogen-bond donors (Lipinski definition) is 3. The van der Waals surface area contributed by atoms with Crippen LogP contribution in [0, 0.1) is 0 Å². The number of hydrogen-bond acceptors (Lipinski definition) is 3. The van der Waals surface area contributed by atoms with Gasteiger partial charge in [-0.1, -0.05) is 32.6 Å². The molecule has 1 saturated heterocycles. The lowest BCUT2D eigenvalue weighted by atomic mass is 9.94. The van der Waals surface area contributed by atoms with Crippen molar-refractivity contribution >= 4 is 11.9 Å². The Morgan fingerprint density at radius 1 is 1.04 bits per heavy atom. The quantitative estimate of drug-likeness (QED) is 0.717. The van der Waals surface area contributed by atoms with Gasteiger partial charge < -0.3 is 21.3 Å². The molecule has 6 heteroatoms. The minimum Gasteiger partial charge on any atom is -0.341 e. The fourth-order valence-corrected chi connectivity index (χ4v) is 3.87. The van der Waals surface area contributed by atoms with Crippen molar-refractivity contribution in [2.24, 2.45) is 5.73 Å². The first-order valence-corrected chi connectivity index (χ1v) is 9.57. The lowest BCUT2D eigenvalue weighted by Gasteiger charge is -2.37. The Balaban J connectivity index is 1.72. The minimum atomic E-state index is -0.770. The van der Waals surface area contributed by atoms with Gasteiger partial charge in [-0.15, -0.1) is 0 Å². The van der Waals surface area contributed by atoms with Crippen LogP contribution in [0.1, 0.15) is 71.6 Å². The van der Waals surface area contributed by atoms with Gasteiger partial charge in [0, 0.05) is 25.2 Å². The number of nitrogens with two attached hydrogens (primary N) is 1. The van der Waals surface area contributed by atoms with E-state index in [-0.39, 0.29) is 18.0 Å². The van der Waals surface area contributed by atoms with Crippen LogP contribution >= 0.6 is 0 Å². The van der Waals surface area contributed by atoms with Gasteiger partial charge >= 0.3 is 6.03 Å². The van der Waals surface area contributed by atoms with Crippen molar-refractivity contribution in [2.45, 2.75) is 89.3 Å². The molecule has 1 atom stereocenters. The van der Waals surface area contributed by atoms with Crippen molar-refractivity contribution in [3.05, 3.63) is 0 Å². The van der Waals surface area contributed by atoms with Gasteiger partial charge in [-0.25, -0.2) is 4.79 Å². The summed E-state index contributed by atoms with van der Waals surface area (Å²) in [5.41, 5.74) is 5.38. The number of likely N-dealkylation sites (tertiary alicyclic amines) is 1. The fraction of sp³-hybridized carbons (Fsp3) is 0.889. The third-order valence-electron chi connectivity index (χ3n) is 5.32. The van der Waals surface area contributed by atoms with E-state index in [0.29, 0.717) is 25.6 Å². The van der Waals surface area contributed by atoms with E-state index in [1.54, 1.807) is 0 Å². The molecule has 0 aromatic rings. The van der Waals surface area contributed by atoms with Gasteiger partial charge in [0.2, 0.25) is 5.91 Å². The van der Waals surface area contributed by atoms with Crippen molar-refractivity contribution < 1.29 is 9.59 Å². The van der Waals surface area contributed by atoms with Crippen LogP contribution in [-0.4, -0.2) is 47.6 Å². The summed E-state index contributed by atoms with van der Waals surface area (Å²) in [5, 5.41) is 6.16. The molecule has 0 radical (unpaired) electrons. The zero-order valence-corrected chi connectivity index (χ0v) is 15.3. The SMILES string of the molecule is CCCC(C)(N)C(=O)N1CCC(NC(=O)NC2CCCCC2)CC1. The van der Waals surface area contributed by atoms with Crippen molar-refractivity contribution in [1.82, 2.24) is 15.5 Å². The van der Waals surface area contributed by atoms with Crippen LogP contribution < -0.4 is 16.4 Å². The Kier molecular flexibility index (Phi) is 6.90. The molecular weight excluding hydrogens is 304 g/mol. The summed E-state index contributed by atoms with van der Waals surface area (Å²) >= 11 is 0. The predicted molar refractivity (Wildman–Crippen MR) is 95.6 cm³/mol. The molecule has 24 heavy (non-hydrogen) atoms. The monoisotopic (exact) mass is 338 g/mol. The van der Waals surface area contributed by atoms with Crippen LogP contribution in [0.5, 0.6) is 0 Å². The number of nitrogens with one attached hydrogen (secondary N) is 2. The van der Waals surface area contributed by atoms with E-state index >= 15 is 0 Å². The Bertz CT molecular complexity index is 425. The van der Waals surface area contributed by atoms with Crippen molar-refractivity contribution in [2.75, 3.05) is 13.1 Å². The molecule has 0 aromatic carbocycles. The van der Waals surface area contributed by atoms with Gasteiger partial charge in [-0.2, -0.15) is 0 Å². The van der Waals surface area contributed by atoms with E-state index in [1.807, 2.05) is 18.7 Å². The van der Waals surface area contributed by atoms with Crippen LogP contribution in [0.2, 0.25) is 0 Å². The topological polar surface area (TPSA) is 87.5 Å². The second kappa shape index (κ2) is 8.70. The molecule has 1 heterocycles. The van der Waals surface area contributed by atoms with Gasteiger partial charge in [-0.3, -0.25) is 4.79 Å². The number of piperidine rings is 1. The van der Waals surface area contributed by atoms with E-state index in [4.69, 9.17) is 5.73 Å². The first-order chi connectivity index (χ1) is 11.4. The van der Waals surface area contributed by atoms with Crippen LogP contribution in [-0.2, 0) is 4.79 Å². The van der Waals surface area contributed by atoms with Gasteiger partial charge in [-0.05, 0) is 39.0 Å². The van der Waals surface area contributed by atoms with E-state index < -0.39 is 5.54 Å². The van der Waals surface area contributed by atoms with Crippen LogP contribution in [0.15, 0.2) is 0 Å². The second-order valence-electron chi connectivity index (χ2n) is 7.69. The summed E-state index contributed by atoms with van der Waals surface area (Å²) in [4.78, 5) is 26.5. The normalized spacial score (nSPS) is 22.7. The Hall–Kier alpha value is -1.30. The largest absolute Gasteiger partial charge is 0.341 e. The Morgan fingerprint density at radius 2 is 1.58 bits per heavy atom. The molecule has 2 rings (SSSR count). The third kappa shape index (κ3) is 5.36. The molecule has 1 aliphatic carbocycles. The summed E-state index contributed by atoms with van der Waals surface area (Å²) in [6, 6.07) is 0.418. The molecule has 6 nitrogen and oxygen atoms in total. The van der Waals surface area contributed by atoms with Crippen LogP contribution in [0.4, 0.5) is 4.79 Å². The molecule has 2 fully saturated rings. The number of carbonyl (C=O) groups is 2. The molecule has 3 amide bonds. The standard InChI is InChI=1S/C18H34N4O2/c1-3-11-18(2,19)16(23)22-12-9-15(10-13-22)21-17(24)20-14-7-5-4-6-8-14/h14-15H,3-13,19H2,1-2H3,(H2,20,21,24). The van der Waals surface area contributed by atoms with E-state index in [2.05, 4.69) is 10.6 Å². The summed E-state index contributed by atoms with van der Waals surface area (Å²) in [6.07, 6.45) is 9.08. The fourth-order valence-electron chi connectivity index (χ4n) is 3.87. The third-order valence-corrected chi connectivity index (χ3v) is 5.32. The first kappa shape index (κ1) is 19.0. The lowest BCUT2D eigenvalue weighted by Crippen LogP contribution is -2.57. The first-order valence-electron chi connectivity index (χ1n) is 9.57. The van der Waals surface area contributed by atoms with Gasteiger partial charge in [0.1, 0.15) is 0 Å². The number of rotatable bonds is 5. The summed E-state index contributed by atoms with van der Waals surface area (Å²) in [5.74, 6) is 0.0365. The highest BCUT2D eigenvalue weighted by Crippen LogP contribution is 2.19. The number of amides is 3. The Morgan fingerprint density at radius 3 is 2.12 bits per heavy atom. The molecule has 1 unspecified atom stereocenters. The number of nitrogens with zero attached hydrogens (tertiary/aromatic N) is 1. The molecule has 4 N–H and O–H groups in total. The van der Waals surface area contributed by atoms with E-state index in [0.717, 1.165) is 32.1 Å². The average molecular weight is 338 g/mol. The maximum atomic E-state index is 12.5. The molecule has 1 saturated carbocycles. The number of carbonyl (C=O) groups excluding carboxylic acids is 2. The van der Waals surface area contributed by atoms with Crippen molar-refractivity contribution in [1.29, 1.82) is 0 Å². The minimum absolute atomic E-state index is 0.0365. The van der Waals surface area contributed by atoms with Gasteiger partial charge in [0.05, 0.1) is 5.54 Å². The highest BCUT2D eigenvalue weighted by atomic mass is 16.2.